The molecule has 0 spiro atoms. The first-order chi connectivity index (χ1) is 13.5. The Hall–Kier alpha value is -3.44. The number of carbonyl (C=O) groups is 1. The fourth-order valence-corrected chi connectivity index (χ4v) is 3.00. The molecule has 0 amide bonds. The molecule has 1 heterocycles. The topological polar surface area (TPSA) is 56.5 Å². The lowest BCUT2D eigenvalue weighted by molar-refractivity contribution is 0.0731. The summed E-state index contributed by atoms with van der Waals surface area (Å²) in [6, 6.07) is 18.2. The van der Waals surface area contributed by atoms with Crippen molar-refractivity contribution in [1.82, 2.24) is 0 Å². The molecule has 0 aliphatic heterocycles. The van der Waals surface area contributed by atoms with Crippen LogP contribution in [-0.2, 0) is 0 Å². The van der Waals surface area contributed by atoms with Crippen LogP contribution in [0, 0.1) is 5.82 Å². The van der Waals surface area contributed by atoms with Crippen LogP contribution in [0.25, 0.3) is 22.3 Å². The Balaban J connectivity index is 1.90. The molecule has 4 aromatic rings. The molecule has 0 atom stereocenters. The van der Waals surface area contributed by atoms with E-state index in [9.17, 15) is 14.0 Å². The number of benzene rings is 3. The van der Waals surface area contributed by atoms with Gasteiger partial charge in [0.1, 0.15) is 11.4 Å². The summed E-state index contributed by atoms with van der Waals surface area (Å²) >= 11 is 6.26. The van der Waals surface area contributed by atoms with Crippen molar-refractivity contribution in [1.29, 1.82) is 0 Å². The van der Waals surface area contributed by atoms with Gasteiger partial charge in [-0.15, -0.1) is 0 Å². The fraction of sp³-hybridized carbons (Fsp3) is 0. The Kier molecular flexibility index (Phi) is 4.67. The molecule has 4 rings (SSSR count). The molecule has 0 radical (unpaired) electrons. The first-order valence-electron chi connectivity index (χ1n) is 8.33. The molecule has 0 saturated heterocycles. The van der Waals surface area contributed by atoms with Crippen LogP contribution in [0.2, 0.25) is 5.02 Å². The van der Waals surface area contributed by atoms with E-state index in [2.05, 4.69) is 0 Å². The molecule has 0 N–H and O–H groups in total. The van der Waals surface area contributed by atoms with E-state index in [0.717, 1.165) is 12.1 Å². The smallest absolute Gasteiger partial charge is 0.343 e. The van der Waals surface area contributed by atoms with Crippen molar-refractivity contribution in [3.8, 4) is 17.1 Å². The molecule has 28 heavy (non-hydrogen) atoms. The molecule has 1 aromatic heterocycles. The van der Waals surface area contributed by atoms with Gasteiger partial charge in [-0.2, -0.15) is 0 Å². The van der Waals surface area contributed by atoms with Gasteiger partial charge in [-0.05, 0) is 48.5 Å². The van der Waals surface area contributed by atoms with Crippen LogP contribution in [0.1, 0.15) is 10.4 Å². The molecule has 4 nitrogen and oxygen atoms in total. The third-order valence-electron chi connectivity index (χ3n) is 4.15. The molecular weight excluding hydrogens is 383 g/mol. The lowest BCUT2D eigenvalue weighted by atomic mass is 10.1. The molecule has 0 aliphatic carbocycles. The van der Waals surface area contributed by atoms with E-state index in [0.29, 0.717) is 16.2 Å². The number of carbonyl (C=O) groups excluding carboxylic acids is 1. The molecule has 6 heteroatoms. The average molecular weight is 395 g/mol. The Morgan fingerprint density at radius 1 is 0.929 bits per heavy atom. The second-order valence-electron chi connectivity index (χ2n) is 5.96. The minimum atomic E-state index is -0.809. The highest BCUT2D eigenvalue weighted by Crippen LogP contribution is 2.35. The van der Waals surface area contributed by atoms with E-state index in [4.69, 9.17) is 20.8 Å². The largest absolute Gasteiger partial charge is 0.452 e. The molecule has 0 saturated carbocycles. The Morgan fingerprint density at radius 3 is 2.36 bits per heavy atom. The summed E-state index contributed by atoms with van der Waals surface area (Å²) in [5.74, 6) is -1.53. The van der Waals surface area contributed by atoms with Gasteiger partial charge in [-0.25, -0.2) is 9.18 Å². The van der Waals surface area contributed by atoms with Gasteiger partial charge in [0, 0.05) is 5.56 Å². The van der Waals surface area contributed by atoms with E-state index >= 15 is 0 Å². The van der Waals surface area contributed by atoms with E-state index in [1.165, 1.54) is 12.1 Å². The first kappa shape index (κ1) is 17.9. The zero-order chi connectivity index (χ0) is 19.7. The molecule has 0 unspecified atom stereocenters. The molecule has 138 valence electrons. The SMILES string of the molecule is O=C(Oc1c(-c2ccccc2Cl)oc2ccccc2c1=O)c1ccc(F)cc1. The van der Waals surface area contributed by atoms with Crippen molar-refractivity contribution in [2.75, 3.05) is 0 Å². The number of para-hydroxylation sites is 1. The standard InChI is InChI=1S/C22H12ClFO4/c23-17-7-3-1-5-15(17)20-21(19(25)16-6-2-4-8-18(16)27-20)28-22(26)13-9-11-14(24)12-10-13/h1-12H. The minimum absolute atomic E-state index is 0.0461. The maximum absolute atomic E-state index is 13.1. The van der Waals surface area contributed by atoms with Crippen LogP contribution in [0.3, 0.4) is 0 Å². The summed E-state index contributed by atoms with van der Waals surface area (Å²) in [5, 5.41) is 0.597. The van der Waals surface area contributed by atoms with Crippen LogP contribution < -0.4 is 10.2 Å². The van der Waals surface area contributed by atoms with Crippen LogP contribution in [0.15, 0.2) is 82.0 Å². The van der Waals surface area contributed by atoms with Gasteiger partial charge in [0.05, 0.1) is 16.0 Å². The van der Waals surface area contributed by atoms with Crippen molar-refractivity contribution in [3.05, 3.63) is 99.4 Å². The number of esters is 1. The quantitative estimate of drug-likeness (QED) is 0.432. The summed E-state index contributed by atoms with van der Waals surface area (Å²) in [6.45, 7) is 0. The number of halogens is 2. The van der Waals surface area contributed by atoms with E-state index in [1.54, 1.807) is 48.5 Å². The summed E-state index contributed by atoms with van der Waals surface area (Å²) in [5.41, 5.74) is 0.337. The van der Waals surface area contributed by atoms with Crippen molar-refractivity contribution < 1.29 is 18.3 Å². The minimum Gasteiger partial charge on any atom is -0.452 e. The Labute approximate surface area is 163 Å². The highest BCUT2D eigenvalue weighted by Gasteiger charge is 2.22. The second kappa shape index (κ2) is 7.29. The van der Waals surface area contributed by atoms with Crippen molar-refractivity contribution >= 4 is 28.5 Å². The lowest BCUT2D eigenvalue weighted by Crippen LogP contribution is -2.16. The average Bonchev–Trinajstić information content (AvgIpc) is 2.71. The van der Waals surface area contributed by atoms with Gasteiger partial charge in [0.15, 0.2) is 5.76 Å². The van der Waals surface area contributed by atoms with Crippen LogP contribution >= 0.6 is 11.6 Å². The van der Waals surface area contributed by atoms with Gasteiger partial charge in [0.25, 0.3) is 0 Å². The second-order valence-corrected chi connectivity index (χ2v) is 6.37. The van der Waals surface area contributed by atoms with Crippen molar-refractivity contribution in [2.45, 2.75) is 0 Å². The molecular formula is C22H12ClFO4. The Morgan fingerprint density at radius 2 is 1.61 bits per heavy atom. The number of hydrogen-bond donors (Lipinski definition) is 0. The zero-order valence-corrected chi connectivity index (χ0v) is 15.1. The van der Waals surface area contributed by atoms with Crippen LogP contribution in [0.4, 0.5) is 4.39 Å². The van der Waals surface area contributed by atoms with E-state index in [1.807, 2.05) is 0 Å². The maximum Gasteiger partial charge on any atom is 0.343 e. The summed E-state index contributed by atoms with van der Waals surface area (Å²) in [6.07, 6.45) is 0. The highest BCUT2D eigenvalue weighted by atomic mass is 35.5. The lowest BCUT2D eigenvalue weighted by Gasteiger charge is -2.11. The Bertz CT molecular complexity index is 1250. The van der Waals surface area contributed by atoms with E-state index in [-0.39, 0.29) is 22.5 Å². The van der Waals surface area contributed by atoms with Gasteiger partial charge < -0.3 is 9.15 Å². The van der Waals surface area contributed by atoms with Gasteiger partial charge in [-0.1, -0.05) is 35.9 Å². The maximum atomic E-state index is 13.1. The van der Waals surface area contributed by atoms with Gasteiger partial charge in [-0.3, -0.25) is 4.79 Å². The molecule has 0 fully saturated rings. The van der Waals surface area contributed by atoms with Crippen LogP contribution in [-0.4, -0.2) is 5.97 Å². The molecule has 0 bridgehead atoms. The van der Waals surface area contributed by atoms with Crippen molar-refractivity contribution in [2.24, 2.45) is 0 Å². The predicted octanol–water partition coefficient (Wildman–Crippen LogP) is 5.47. The molecule has 0 aliphatic rings. The summed E-state index contributed by atoms with van der Waals surface area (Å²) in [7, 11) is 0. The first-order valence-corrected chi connectivity index (χ1v) is 8.71. The number of fused-ring (bicyclic) bond motifs is 1. The monoisotopic (exact) mass is 394 g/mol. The van der Waals surface area contributed by atoms with Crippen molar-refractivity contribution in [3.63, 3.8) is 0 Å². The summed E-state index contributed by atoms with van der Waals surface area (Å²) < 4.78 is 24.4. The van der Waals surface area contributed by atoms with Gasteiger partial charge in [0.2, 0.25) is 11.2 Å². The third kappa shape index (κ3) is 3.28. The normalized spacial score (nSPS) is 10.8. The number of ether oxygens (including phenoxy) is 1. The summed E-state index contributed by atoms with van der Waals surface area (Å²) in [4.78, 5) is 25.5. The number of rotatable bonds is 3. The molecule has 3 aromatic carbocycles. The fourth-order valence-electron chi connectivity index (χ4n) is 2.78. The number of hydrogen-bond acceptors (Lipinski definition) is 4. The van der Waals surface area contributed by atoms with Crippen LogP contribution in [0.5, 0.6) is 5.75 Å². The van der Waals surface area contributed by atoms with Gasteiger partial charge >= 0.3 is 5.97 Å². The highest BCUT2D eigenvalue weighted by molar-refractivity contribution is 6.33. The predicted molar refractivity (Wildman–Crippen MR) is 104 cm³/mol. The van der Waals surface area contributed by atoms with E-state index < -0.39 is 17.2 Å². The zero-order valence-electron chi connectivity index (χ0n) is 14.3. The third-order valence-corrected chi connectivity index (χ3v) is 4.48.